The van der Waals surface area contributed by atoms with Crippen LogP contribution < -0.4 is 10.1 Å². The highest BCUT2D eigenvalue weighted by molar-refractivity contribution is 5.99. The van der Waals surface area contributed by atoms with Crippen molar-refractivity contribution in [2.24, 2.45) is 11.8 Å². The number of nitrogens with zero attached hydrogens (tertiary/aromatic N) is 7. The number of carbonyl (C=O) groups is 4. The Morgan fingerprint density at radius 3 is 2.54 bits per heavy atom. The van der Waals surface area contributed by atoms with E-state index in [1.165, 1.54) is 16.8 Å². The van der Waals surface area contributed by atoms with Crippen molar-refractivity contribution in [3.63, 3.8) is 0 Å². The van der Waals surface area contributed by atoms with E-state index in [1.54, 1.807) is 53.4 Å². The van der Waals surface area contributed by atoms with Crippen molar-refractivity contribution >= 4 is 23.6 Å². The normalized spacial score (nSPS) is 22.2. The van der Waals surface area contributed by atoms with Gasteiger partial charge in [0, 0.05) is 65.2 Å². The highest BCUT2D eigenvalue weighted by Gasteiger charge is 2.37. The Balaban J connectivity index is 1.20. The minimum Gasteiger partial charge on any atom is -0.477 e. The predicted molar refractivity (Wildman–Crippen MR) is 162 cm³/mol. The summed E-state index contributed by atoms with van der Waals surface area (Å²) in [6.45, 7) is 4.77. The summed E-state index contributed by atoms with van der Waals surface area (Å²) in [5, 5.41) is 11.2. The molecule has 3 aliphatic rings. The molecule has 1 aromatic carbocycles. The maximum absolute atomic E-state index is 14.1. The molecule has 3 aromatic rings. The lowest BCUT2D eigenvalue weighted by atomic mass is 9.80. The highest BCUT2D eigenvalue weighted by Crippen LogP contribution is 2.31. The first-order chi connectivity index (χ1) is 22.2. The quantitative estimate of drug-likeness (QED) is 0.446. The largest absolute Gasteiger partial charge is 0.477 e. The van der Waals surface area contributed by atoms with Gasteiger partial charge in [-0.05, 0) is 61.1 Å². The molecule has 14 heteroatoms. The van der Waals surface area contributed by atoms with Crippen LogP contribution in [0.25, 0.3) is 5.69 Å². The number of nitrogens with one attached hydrogen (secondary N) is 1. The van der Waals surface area contributed by atoms with Gasteiger partial charge in [0.05, 0.1) is 24.2 Å². The zero-order chi connectivity index (χ0) is 32.2. The highest BCUT2D eigenvalue weighted by atomic mass is 19.1. The van der Waals surface area contributed by atoms with Crippen LogP contribution in [-0.4, -0.2) is 110 Å². The van der Waals surface area contributed by atoms with E-state index in [4.69, 9.17) is 4.74 Å². The van der Waals surface area contributed by atoms with Crippen molar-refractivity contribution < 1.29 is 28.3 Å². The van der Waals surface area contributed by atoms with Crippen LogP contribution >= 0.6 is 0 Å². The Bertz CT molecular complexity index is 1590. The predicted octanol–water partition coefficient (Wildman–Crippen LogP) is 1.47. The van der Waals surface area contributed by atoms with Gasteiger partial charge < -0.3 is 24.8 Å². The smallest absolute Gasteiger partial charge is 0.257 e. The monoisotopic (exact) mass is 632 g/mol. The number of rotatable bonds is 5. The SMILES string of the molecule is CC(=O)N1CCN(C(=O)C[C@@H]2CCN3C[C@@H]2CCOc2ncccc2C(=O)N[C@H](Cc2cn(-c4ccc(F)cc4)nn2)C3=O)CC1. The molecule has 46 heavy (non-hydrogen) atoms. The summed E-state index contributed by atoms with van der Waals surface area (Å²) in [4.78, 5) is 62.2. The fraction of sp³-hybridized carbons (Fsp3) is 0.469. The van der Waals surface area contributed by atoms with Gasteiger partial charge in [0.25, 0.3) is 5.91 Å². The molecule has 1 N–H and O–H groups in total. The van der Waals surface area contributed by atoms with Crippen molar-refractivity contribution in [1.29, 1.82) is 0 Å². The Morgan fingerprint density at radius 2 is 1.78 bits per heavy atom. The van der Waals surface area contributed by atoms with Gasteiger partial charge in [-0.2, -0.15) is 0 Å². The third-order valence-corrected chi connectivity index (χ3v) is 9.11. The van der Waals surface area contributed by atoms with Crippen molar-refractivity contribution in [2.45, 2.75) is 38.6 Å². The van der Waals surface area contributed by atoms with Crippen LogP contribution in [0.15, 0.2) is 48.8 Å². The second kappa shape index (κ2) is 13.6. The van der Waals surface area contributed by atoms with Gasteiger partial charge in [-0.15, -0.1) is 5.10 Å². The van der Waals surface area contributed by atoms with Gasteiger partial charge in [0.1, 0.15) is 17.4 Å². The van der Waals surface area contributed by atoms with Crippen molar-refractivity contribution in [2.75, 3.05) is 45.9 Å². The lowest BCUT2D eigenvalue weighted by molar-refractivity contribution is -0.141. The van der Waals surface area contributed by atoms with Crippen LogP contribution in [0.1, 0.15) is 42.2 Å². The third kappa shape index (κ3) is 7.00. The number of hydrogen-bond acceptors (Lipinski definition) is 8. The molecule has 0 radical (unpaired) electrons. The molecule has 2 aromatic heterocycles. The summed E-state index contributed by atoms with van der Waals surface area (Å²) in [7, 11) is 0. The maximum atomic E-state index is 14.1. The topological polar surface area (TPSA) is 143 Å². The average molecular weight is 633 g/mol. The van der Waals surface area contributed by atoms with E-state index in [1.807, 2.05) is 4.90 Å². The molecule has 0 unspecified atom stereocenters. The van der Waals surface area contributed by atoms with Gasteiger partial charge >= 0.3 is 0 Å². The van der Waals surface area contributed by atoms with Crippen LogP contribution in [-0.2, 0) is 20.8 Å². The fourth-order valence-electron chi connectivity index (χ4n) is 6.46. The summed E-state index contributed by atoms with van der Waals surface area (Å²) in [6, 6.07) is 8.07. The number of piperidine rings is 1. The third-order valence-electron chi connectivity index (χ3n) is 9.11. The summed E-state index contributed by atoms with van der Waals surface area (Å²) in [6.07, 6.45) is 4.84. The van der Waals surface area contributed by atoms with Crippen molar-refractivity contribution in [3.05, 3.63) is 65.9 Å². The molecule has 2 bridgehead atoms. The number of amides is 4. The van der Waals surface area contributed by atoms with E-state index in [-0.39, 0.29) is 59.8 Å². The molecule has 0 aliphatic carbocycles. The van der Waals surface area contributed by atoms with Crippen molar-refractivity contribution in [3.8, 4) is 11.6 Å². The second-order valence-corrected chi connectivity index (χ2v) is 12.0. The molecule has 6 rings (SSSR count). The number of halogens is 1. The fourth-order valence-corrected chi connectivity index (χ4v) is 6.46. The number of fused-ring (bicyclic) bond motifs is 3. The Labute approximate surface area is 265 Å². The molecule has 0 spiro atoms. The van der Waals surface area contributed by atoms with Gasteiger partial charge in [-0.1, -0.05) is 5.21 Å². The standard InChI is InChI=1S/C32H37FN8O5/c1-21(42)38-12-14-39(15-13-38)29(43)17-22-8-11-40-19-23(22)9-16-46-31-27(3-2-10-34-31)30(44)35-28(32(40)45)18-25-20-41(37-36-25)26-6-4-24(33)5-7-26/h2-7,10,20,22-23,28H,8-9,11-19H2,1H3,(H,35,44)/t22-,23-,28+/m0/s1. The average Bonchev–Trinajstić information content (AvgIpc) is 3.53. The molecule has 13 nitrogen and oxygen atoms in total. The van der Waals surface area contributed by atoms with Crippen LogP contribution in [0.3, 0.4) is 0 Å². The Hall–Kier alpha value is -4.88. The summed E-state index contributed by atoms with van der Waals surface area (Å²) < 4.78 is 20.9. The number of piperazine rings is 1. The molecule has 0 saturated carbocycles. The molecule has 3 atom stereocenters. The Morgan fingerprint density at radius 1 is 1.02 bits per heavy atom. The minimum atomic E-state index is -0.949. The van der Waals surface area contributed by atoms with Crippen molar-refractivity contribution in [1.82, 2.24) is 40.0 Å². The lowest BCUT2D eigenvalue weighted by Crippen LogP contribution is -2.54. The first-order valence-corrected chi connectivity index (χ1v) is 15.6. The Kier molecular flexibility index (Phi) is 9.22. The molecule has 2 fully saturated rings. The van der Waals surface area contributed by atoms with E-state index in [9.17, 15) is 23.6 Å². The molecule has 4 amide bonds. The lowest BCUT2D eigenvalue weighted by Gasteiger charge is -2.41. The molecule has 3 aliphatic heterocycles. The number of benzene rings is 1. The zero-order valence-corrected chi connectivity index (χ0v) is 25.7. The summed E-state index contributed by atoms with van der Waals surface area (Å²) in [5.74, 6) is -0.826. The van der Waals surface area contributed by atoms with E-state index < -0.39 is 11.9 Å². The minimum absolute atomic E-state index is 0.0116. The number of pyridine rings is 1. The van der Waals surface area contributed by atoms with Crippen LogP contribution in [0.2, 0.25) is 0 Å². The number of hydrogen-bond donors (Lipinski definition) is 1. The van der Waals surface area contributed by atoms with Gasteiger partial charge in [0.2, 0.25) is 23.6 Å². The van der Waals surface area contributed by atoms with E-state index >= 15 is 0 Å². The molecule has 2 saturated heterocycles. The van der Waals surface area contributed by atoms with E-state index in [2.05, 4.69) is 20.6 Å². The number of aromatic nitrogens is 4. The van der Waals surface area contributed by atoms with Crippen LogP contribution in [0.4, 0.5) is 4.39 Å². The van der Waals surface area contributed by atoms with E-state index in [0.717, 1.165) is 0 Å². The van der Waals surface area contributed by atoms with E-state index in [0.29, 0.717) is 69.9 Å². The van der Waals surface area contributed by atoms with Crippen LogP contribution in [0, 0.1) is 17.7 Å². The zero-order valence-electron chi connectivity index (χ0n) is 25.7. The molecular weight excluding hydrogens is 595 g/mol. The number of ether oxygens (including phenoxy) is 1. The molecule has 242 valence electrons. The second-order valence-electron chi connectivity index (χ2n) is 12.0. The van der Waals surface area contributed by atoms with Crippen LogP contribution in [0.5, 0.6) is 5.88 Å². The van der Waals surface area contributed by atoms with Gasteiger partial charge in [0.15, 0.2) is 0 Å². The summed E-state index contributed by atoms with van der Waals surface area (Å²) in [5.41, 5.74) is 1.29. The number of carbonyl (C=O) groups excluding carboxylic acids is 4. The first kappa shape index (κ1) is 31.1. The maximum Gasteiger partial charge on any atom is 0.257 e. The first-order valence-electron chi connectivity index (χ1n) is 15.6. The molecule has 5 heterocycles. The van der Waals surface area contributed by atoms with Gasteiger partial charge in [-0.3, -0.25) is 19.2 Å². The van der Waals surface area contributed by atoms with Gasteiger partial charge in [-0.25, -0.2) is 14.1 Å². The molecular formula is C32H37FN8O5. The summed E-state index contributed by atoms with van der Waals surface area (Å²) >= 11 is 0.